The third-order valence-electron chi connectivity index (χ3n) is 5.71. The van der Waals surface area contributed by atoms with E-state index in [0.717, 1.165) is 44.5 Å². The molecular formula is C22H29F3N4O4. The van der Waals surface area contributed by atoms with Crippen molar-refractivity contribution in [1.29, 1.82) is 0 Å². The van der Waals surface area contributed by atoms with Gasteiger partial charge in [-0.05, 0) is 24.3 Å². The average Bonchev–Trinajstić information content (AvgIpc) is 3.16. The smallest absolute Gasteiger partial charge is 0.475 e. The number of halogens is 3. The van der Waals surface area contributed by atoms with Crippen LogP contribution in [-0.4, -0.2) is 70.1 Å². The minimum absolute atomic E-state index is 0.322. The molecule has 1 N–H and O–H groups in total. The van der Waals surface area contributed by atoms with Crippen LogP contribution in [0.5, 0.6) is 0 Å². The number of alkyl halides is 3. The number of benzene rings is 1. The van der Waals surface area contributed by atoms with Crippen LogP contribution in [0.3, 0.4) is 0 Å². The lowest BCUT2D eigenvalue weighted by molar-refractivity contribution is -0.192. The summed E-state index contributed by atoms with van der Waals surface area (Å²) in [5, 5.41) is 15.8. The summed E-state index contributed by atoms with van der Waals surface area (Å²) < 4.78 is 45.2. The van der Waals surface area contributed by atoms with Gasteiger partial charge in [-0.3, -0.25) is 9.58 Å². The Balaban J connectivity index is 0.000000383. The molecule has 1 atom stereocenters. The number of ether oxygens (including phenoxy) is 2. The molecule has 8 nitrogen and oxygen atoms in total. The summed E-state index contributed by atoms with van der Waals surface area (Å²) in [4.78, 5) is 11.4. The molecule has 2 aliphatic rings. The number of aryl methyl sites for hydroxylation is 1. The van der Waals surface area contributed by atoms with Crippen LogP contribution in [0.25, 0.3) is 0 Å². The van der Waals surface area contributed by atoms with E-state index in [9.17, 15) is 13.2 Å². The first kappa shape index (κ1) is 25.1. The van der Waals surface area contributed by atoms with Gasteiger partial charge in [-0.1, -0.05) is 35.5 Å². The van der Waals surface area contributed by atoms with E-state index >= 15 is 0 Å². The predicted octanol–water partition coefficient (Wildman–Crippen LogP) is 2.99. The van der Waals surface area contributed by atoms with E-state index in [0.29, 0.717) is 19.1 Å². The summed E-state index contributed by atoms with van der Waals surface area (Å²) in [5.74, 6) is -1.71. The van der Waals surface area contributed by atoms with Crippen molar-refractivity contribution in [2.75, 3.05) is 32.9 Å². The van der Waals surface area contributed by atoms with Gasteiger partial charge in [-0.2, -0.15) is 13.2 Å². The van der Waals surface area contributed by atoms with Crippen LogP contribution >= 0.6 is 0 Å². The number of carboxylic acid groups (broad SMARTS) is 1. The standard InChI is InChI=1S/C20H28N4O2.C2HF3O2/c1-23-20-18(15-26-14-17-5-3-2-4-6-17)12-24(13-19(20)21-22-23)11-16-7-9-25-10-8-16;3-2(4,5)1(6)7/h2-6,16,18H,7-15H2,1H3;(H,6,7). The molecule has 3 heterocycles. The maximum atomic E-state index is 10.6. The quantitative estimate of drug-likeness (QED) is 0.694. The number of carbonyl (C=O) groups is 1. The number of hydrogen-bond donors (Lipinski definition) is 1. The molecule has 1 saturated heterocycles. The number of nitrogens with zero attached hydrogens (tertiary/aromatic N) is 4. The molecule has 2 aliphatic heterocycles. The van der Waals surface area contributed by atoms with Gasteiger partial charge in [0.2, 0.25) is 0 Å². The van der Waals surface area contributed by atoms with Crippen molar-refractivity contribution >= 4 is 5.97 Å². The van der Waals surface area contributed by atoms with Gasteiger partial charge < -0.3 is 14.6 Å². The highest BCUT2D eigenvalue weighted by molar-refractivity contribution is 5.73. The Morgan fingerprint density at radius 2 is 1.91 bits per heavy atom. The molecule has 0 saturated carbocycles. The molecule has 4 rings (SSSR count). The molecule has 1 fully saturated rings. The second kappa shape index (κ2) is 11.6. The molecule has 182 valence electrons. The molecule has 1 aromatic carbocycles. The van der Waals surface area contributed by atoms with Crippen molar-refractivity contribution < 1.29 is 32.5 Å². The first-order valence-corrected chi connectivity index (χ1v) is 10.8. The van der Waals surface area contributed by atoms with Crippen molar-refractivity contribution in [1.82, 2.24) is 19.9 Å². The second-order valence-corrected chi connectivity index (χ2v) is 8.30. The molecule has 2 aromatic rings. The summed E-state index contributed by atoms with van der Waals surface area (Å²) in [6, 6.07) is 10.4. The van der Waals surface area contributed by atoms with Crippen LogP contribution in [-0.2, 0) is 34.5 Å². The third-order valence-corrected chi connectivity index (χ3v) is 5.71. The highest BCUT2D eigenvalue weighted by atomic mass is 19.4. The van der Waals surface area contributed by atoms with E-state index < -0.39 is 12.1 Å². The Hall–Kier alpha value is -2.50. The number of carboxylic acids is 1. The van der Waals surface area contributed by atoms with E-state index in [4.69, 9.17) is 19.4 Å². The summed E-state index contributed by atoms with van der Waals surface area (Å²) in [6.07, 6.45) is -2.75. The van der Waals surface area contributed by atoms with Crippen LogP contribution in [0, 0.1) is 5.92 Å². The fourth-order valence-electron chi connectivity index (χ4n) is 4.15. The lowest BCUT2D eigenvalue weighted by Gasteiger charge is -2.35. The molecule has 33 heavy (non-hydrogen) atoms. The zero-order chi connectivity index (χ0) is 23.8. The maximum absolute atomic E-state index is 10.6. The van der Waals surface area contributed by atoms with Gasteiger partial charge in [0.05, 0.1) is 18.9 Å². The van der Waals surface area contributed by atoms with Crippen LogP contribution in [0.1, 0.15) is 35.7 Å². The van der Waals surface area contributed by atoms with Crippen molar-refractivity contribution in [2.45, 2.75) is 38.1 Å². The first-order chi connectivity index (χ1) is 15.7. The Morgan fingerprint density at radius 1 is 1.24 bits per heavy atom. The number of hydrogen-bond acceptors (Lipinski definition) is 6. The molecule has 0 spiro atoms. The zero-order valence-electron chi connectivity index (χ0n) is 18.5. The van der Waals surface area contributed by atoms with Crippen molar-refractivity contribution in [3.05, 3.63) is 47.3 Å². The monoisotopic (exact) mass is 470 g/mol. The van der Waals surface area contributed by atoms with Gasteiger partial charge in [0.15, 0.2) is 0 Å². The van der Waals surface area contributed by atoms with Crippen LogP contribution < -0.4 is 0 Å². The van der Waals surface area contributed by atoms with Gasteiger partial charge in [0, 0.05) is 45.8 Å². The molecule has 0 radical (unpaired) electrons. The first-order valence-electron chi connectivity index (χ1n) is 10.8. The number of fused-ring (bicyclic) bond motifs is 1. The molecule has 0 amide bonds. The zero-order valence-corrected chi connectivity index (χ0v) is 18.5. The van der Waals surface area contributed by atoms with Gasteiger partial charge >= 0.3 is 12.1 Å². The molecule has 1 unspecified atom stereocenters. The van der Waals surface area contributed by atoms with Crippen LogP contribution in [0.4, 0.5) is 13.2 Å². The molecule has 0 bridgehead atoms. The van der Waals surface area contributed by atoms with Gasteiger partial charge in [0.25, 0.3) is 0 Å². The Morgan fingerprint density at radius 3 is 2.55 bits per heavy atom. The van der Waals surface area contributed by atoms with E-state index in [1.807, 2.05) is 17.8 Å². The Kier molecular flexibility index (Phi) is 8.81. The van der Waals surface area contributed by atoms with E-state index in [1.165, 1.54) is 24.1 Å². The maximum Gasteiger partial charge on any atom is 0.490 e. The fourth-order valence-corrected chi connectivity index (χ4v) is 4.15. The third kappa shape index (κ3) is 7.51. The SMILES string of the molecule is Cn1nnc2c1C(COCc1ccccc1)CN(CC1CCOCC1)C2.O=C(O)C(F)(F)F. The summed E-state index contributed by atoms with van der Waals surface area (Å²) in [5.41, 5.74) is 3.56. The van der Waals surface area contributed by atoms with Crippen LogP contribution in [0.15, 0.2) is 30.3 Å². The van der Waals surface area contributed by atoms with Crippen molar-refractivity contribution in [3.8, 4) is 0 Å². The number of aliphatic carboxylic acids is 1. The summed E-state index contributed by atoms with van der Waals surface area (Å²) in [6.45, 7) is 6.19. The lowest BCUT2D eigenvalue weighted by atomic mass is 9.95. The summed E-state index contributed by atoms with van der Waals surface area (Å²) in [7, 11) is 1.99. The highest BCUT2D eigenvalue weighted by Crippen LogP contribution is 2.29. The minimum atomic E-state index is -5.08. The fraction of sp³-hybridized carbons (Fsp3) is 0.591. The topological polar surface area (TPSA) is 89.7 Å². The van der Waals surface area contributed by atoms with Gasteiger partial charge in [0.1, 0.15) is 5.69 Å². The average molecular weight is 470 g/mol. The largest absolute Gasteiger partial charge is 0.490 e. The molecule has 11 heteroatoms. The van der Waals surface area contributed by atoms with Crippen LogP contribution in [0.2, 0.25) is 0 Å². The normalized spacial score (nSPS) is 19.5. The van der Waals surface area contributed by atoms with Crippen molar-refractivity contribution in [2.24, 2.45) is 13.0 Å². The predicted molar refractivity (Wildman–Crippen MR) is 112 cm³/mol. The van der Waals surface area contributed by atoms with E-state index in [1.54, 1.807) is 0 Å². The van der Waals surface area contributed by atoms with E-state index in [2.05, 4.69) is 39.5 Å². The summed E-state index contributed by atoms with van der Waals surface area (Å²) >= 11 is 0. The highest BCUT2D eigenvalue weighted by Gasteiger charge is 2.38. The number of rotatable bonds is 6. The Bertz CT molecular complexity index is 886. The number of aromatic nitrogens is 3. The molecule has 1 aromatic heterocycles. The molecular weight excluding hydrogens is 441 g/mol. The van der Waals surface area contributed by atoms with Gasteiger partial charge in [-0.25, -0.2) is 4.79 Å². The molecule has 0 aliphatic carbocycles. The van der Waals surface area contributed by atoms with E-state index in [-0.39, 0.29) is 0 Å². The lowest BCUT2D eigenvalue weighted by Crippen LogP contribution is -2.40. The minimum Gasteiger partial charge on any atom is -0.475 e. The van der Waals surface area contributed by atoms with Gasteiger partial charge in [-0.15, -0.1) is 5.10 Å². The second-order valence-electron chi connectivity index (χ2n) is 8.30. The Labute approximate surface area is 190 Å². The van der Waals surface area contributed by atoms with Crippen molar-refractivity contribution in [3.63, 3.8) is 0 Å².